The Morgan fingerprint density at radius 2 is 2.24 bits per heavy atom. The third-order valence-corrected chi connectivity index (χ3v) is 4.68. The number of aryl methyl sites for hydroxylation is 1. The topological polar surface area (TPSA) is 22.1 Å². The van der Waals surface area contributed by atoms with Crippen molar-refractivity contribution >= 4 is 22.9 Å². The third kappa shape index (κ3) is 3.01. The molecule has 1 aromatic heterocycles. The summed E-state index contributed by atoms with van der Waals surface area (Å²) in [6, 6.07) is 0. The van der Waals surface area contributed by atoms with Crippen molar-refractivity contribution in [1.82, 2.24) is 4.98 Å². The molecule has 1 aromatic rings. The second-order valence-electron chi connectivity index (χ2n) is 4.57. The number of nitrogens with zero attached hydrogens (tertiary/aromatic N) is 1. The molecule has 2 nitrogen and oxygen atoms in total. The van der Waals surface area contributed by atoms with Crippen LogP contribution in [0.4, 0.5) is 0 Å². The Morgan fingerprint density at radius 1 is 1.47 bits per heavy atom. The molecule has 0 bridgehead atoms. The Hall–Kier alpha value is -0.120. The molecule has 0 saturated heterocycles. The van der Waals surface area contributed by atoms with Gasteiger partial charge in [-0.25, -0.2) is 4.98 Å². The van der Waals surface area contributed by atoms with Crippen LogP contribution in [0.3, 0.4) is 0 Å². The van der Waals surface area contributed by atoms with Gasteiger partial charge in [0.25, 0.3) is 0 Å². The van der Waals surface area contributed by atoms with Gasteiger partial charge in [0.15, 0.2) is 0 Å². The van der Waals surface area contributed by atoms with Gasteiger partial charge in [0, 0.05) is 17.9 Å². The Kier molecular flexibility index (Phi) is 4.83. The highest BCUT2D eigenvalue weighted by molar-refractivity contribution is 7.09. The van der Waals surface area contributed by atoms with Crippen molar-refractivity contribution in [1.29, 1.82) is 0 Å². The van der Waals surface area contributed by atoms with Gasteiger partial charge in [0.05, 0.1) is 5.69 Å². The van der Waals surface area contributed by atoms with E-state index in [9.17, 15) is 0 Å². The highest BCUT2D eigenvalue weighted by atomic mass is 35.5. The van der Waals surface area contributed by atoms with E-state index < -0.39 is 0 Å². The van der Waals surface area contributed by atoms with Crippen LogP contribution in [-0.4, -0.2) is 17.5 Å². The van der Waals surface area contributed by atoms with E-state index in [2.05, 4.69) is 12.3 Å². The standard InChI is InChI=1S/C13H20ClNOS/c1-2-16-13(7-3-4-8-13)12-15-11(10-17-12)6-5-9-14/h10H,2-9H2,1H3. The summed E-state index contributed by atoms with van der Waals surface area (Å²) in [6.45, 7) is 2.85. The van der Waals surface area contributed by atoms with E-state index in [1.54, 1.807) is 11.3 Å². The van der Waals surface area contributed by atoms with Crippen molar-refractivity contribution in [3.8, 4) is 0 Å². The average molecular weight is 274 g/mol. The van der Waals surface area contributed by atoms with E-state index in [4.69, 9.17) is 21.3 Å². The predicted molar refractivity (Wildman–Crippen MR) is 72.9 cm³/mol. The highest BCUT2D eigenvalue weighted by Gasteiger charge is 2.38. The first kappa shape index (κ1) is 13.3. The van der Waals surface area contributed by atoms with E-state index >= 15 is 0 Å². The fourth-order valence-electron chi connectivity index (χ4n) is 2.52. The van der Waals surface area contributed by atoms with Crippen LogP contribution in [0, 0.1) is 0 Å². The molecule has 0 unspecified atom stereocenters. The van der Waals surface area contributed by atoms with Gasteiger partial charge in [-0.1, -0.05) is 12.8 Å². The van der Waals surface area contributed by atoms with Gasteiger partial charge in [0.2, 0.25) is 0 Å². The average Bonchev–Trinajstić information content (AvgIpc) is 2.96. The molecule has 0 radical (unpaired) electrons. The number of hydrogen-bond donors (Lipinski definition) is 0. The van der Waals surface area contributed by atoms with E-state index in [0.29, 0.717) is 5.88 Å². The molecule has 1 fully saturated rings. The lowest BCUT2D eigenvalue weighted by Gasteiger charge is -2.26. The molecule has 0 atom stereocenters. The van der Waals surface area contributed by atoms with E-state index in [1.807, 2.05) is 0 Å². The number of alkyl halides is 1. The fourth-order valence-corrected chi connectivity index (χ4v) is 3.72. The number of thiazole rings is 1. The lowest BCUT2D eigenvalue weighted by atomic mass is 10.0. The normalized spacial score (nSPS) is 18.7. The number of ether oxygens (including phenoxy) is 1. The molecular weight excluding hydrogens is 254 g/mol. The maximum atomic E-state index is 6.02. The lowest BCUT2D eigenvalue weighted by molar-refractivity contribution is -0.0392. The molecule has 0 spiro atoms. The first-order valence-corrected chi connectivity index (χ1v) is 7.87. The summed E-state index contributed by atoms with van der Waals surface area (Å²) in [6.07, 6.45) is 6.77. The maximum absolute atomic E-state index is 6.02. The third-order valence-electron chi connectivity index (χ3n) is 3.34. The number of aromatic nitrogens is 1. The van der Waals surface area contributed by atoms with Crippen molar-refractivity contribution in [2.24, 2.45) is 0 Å². The Morgan fingerprint density at radius 3 is 2.88 bits per heavy atom. The molecule has 1 aliphatic carbocycles. The van der Waals surface area contributed by atoms with Crippen LogP contribution in [0.1, 0.15) is 49.7 Å². The van der Waals surface area contributed by atoms with Crippen LogP contribution < -0.4 is 0 Å². The summed E-state index contributed by atoms with van der Waals surface area (Å²) >= 11 is 7.47. The molecule has 2 rings (SSSR count). The first-order chi connectivity index (χ1) is 8.30. The SMILES string of the molecule is CCOC1(c2nc(CCCCl)cs2)CCCC1. The quantitative estimate of drug-likeness (QED) is 0.728. The van der Waals surface area contributed by atoms with Crippen LogP contribution >= 0.6 is 22.9 Å². The molecule has 17 heavy (non-hydrogen) atoms. The molecule has 0 amide bonds. The minimum Gasteiger partial charge on any atom is -0.368 e. The second-order valence-corrected chi connectivity index (χ2v) is 5.81. The zero-order valence-electron chi connectivity index (χ0n) is 10.4. The van der Waals surface area contributed by atoms with Gasteiger partial charge in [-0.3, -0.25) is 0 Å². The second kappa shape index (κ2) is 6.17. The van der Waals surface area contributed by atoms with Gasteiger partial charge < -0.3 is 4.74 Å². The number of rotatable bonds is 6. The van der Waals surface area contributed by atoms with Crippen molar-refractivity contribution in [2.45, 2.75) is 51.0 Å². The summed E-state index contributed by atoms with van der Waals surface area (Å²) in [7, 11) is 0. The van der Waals surface area contributed by atoms with Crippen molar-refractivity contribution in [3.63, 3.8) is 0 Å². The molecule has 1 aliphatic rings. The summed E-state index contributed by atoms with van der Waals surface area (Å²) in [5.74, 6) is 0.712. The number of hydrogen-bond acceptors (Lipinski definition) is 3. The molecule has 1 saturated carbocycles. The van der Waals surface area contributed by atoms with Crippen molar-refractivity contribution < 1.29 is 4.74 Å². The highest BCUT2D eigenvalue weighted by Crippen LogP contribution is 2.43. The minimum atomic E-state index is -0.0708. The van der Waals surface area contributed by atoms with Crippen LogP contribution in [0.25, 0.3) is 0 Å². The molecule has 0 N–H and O–H groups in total. The Labute approximate surface area is 112 Å². The maximum Gasteiger partial charge on any atom is 0.125 e. The Bertz CT molecular complexity index is 347. The van der Waals surface area contributed by atoms with Gasteiger partial charge in [0.1, 0.15) is 10.6 Å². The van der Waals surface area contributed by atoms with Crippen LogP contribution in [0.15, 0.2) is 5.38 Å². The minimum absolute atomic E-state index is 0.0708. The fraction of sp³-hybridized carbons (Fsp3) is 0.769. The summed E-state index contributed by atoms with van der Waals surface area (Å²) in [5, 5.41) is 3.35. The molecule has 4 heteroatoms. The van der Waals surface area contributed by atoms with Crippen LogP contribution in [-0.2, 0) is 16.8 Å². The largest absolute Gasteiger partial charge is 0.368 e. The Balaban J connectivity index is 2.10. The van der Waals surface area contributed by atoms with E-state index in [-0.39, 0.29) is 5.60 Å². The molecule has 1 heterocycles. The smallest absolute Gasteiger partial charge is 0.125 e. The van der Waals surface area contributed by atoms with Crippen LogP contribution in [0.5, 0.6) is 0 Å². The van der Waals surface area contributed by atoms with Gasteiger partial charge >= 0.3 is 0 Å². The molecule has 0 aromatic carbocycles. The van der Waals surface area contributed by atoms with Gasteiger partial charge in [-0.2, -0.15) is 0 Å². The summed E-state index contributed by atoms with van der Waals surface area (Å²) < 4.78 is 6.02. The van der Waals surface area contributed by atoms with Gasteiger partial charge in [-0.05, 0) is 32.6 Å². The predicted octanol–water partition coefficient (Wildman–Crippen LogP) is 4.12. The van der Waals surface area contributed by atoms with Crippen LogP contribution in [0.2, 0.25) is 0 Å². The monoisotopic (exact) mass is 273 g/mol. The zero-order chi connectivity index (χ0) is 12.1. The van der Waals surface area contributed by atoms with Crippen molar-refractivity contribution in [3.05, 3.63) is 16.1 Å². The van der Waals surface area contributed by atoms with Crippen molar-refractivity contribution in [2.75, 3.05) is 12.5 Å². The van der Waals surface area contributed by atoms with Gasteiger partial charge in [-0.15, -0.1) is 22.9 Å². The molecular formula is C13H20ClNOS. The first-order valence-electron chi connectivity index (χ1n) is 6.45. The summed E-state index contributed by atoms with van der Waals surface area (Å²) in [5.41, 5.74) is 1.11. The number of halogens is 1. The van der Waals surface area contributed by atoms with E-state index in [0.717, 1.165) is 32.3 Å². The summed E-state index contributed by atoms with van der Waals surface area (Å²) in [4.78, 5) is 4.76. The zero-order valence-corrected chi connectivity index (χ0v) is 11.9. The molecule has 0 aliphatic heterocycles. The lowest BCUT2D eigenvalue weighted by Crippen LogP contribution is -2.26. The molecule has 96 valence electrons. The van der Waals surface area contributed by atoms with E-state index in [1.165, 1.54) is 23.5 Å².